The van der Waals surface area contributed by atoms with Gasteiger partial charge in [-0.05, 0) is 18.2 Å². The molecule has 144 valence electrons. The molecule has 0 aliphatic rings. The molecule has 2 aromatic carbocycles. The quantitative estimate of drug-likeness (QED) is 0.720. The topological polar surface area (TPSA) is 63.1 Å². The molecule has 0 aliphatic carbocycles. The molecule has 0 aliphatic heterocycles. The van der Waals surface area contributed by atoms with Gasteiger partial charge in [0, 0.05) is 37.3 Å². The molecule has 2 rings (SSSR count). The maximum atomic E-state index is 12.5. The van der Waals surface area contributed by atoms with Crippen molar-refractivity contribution in [2.45, 2.75) is 13.1 Å². The summed E-state index contributed by atoms with van der Waals surface area (Å²) >= 11 is 0. The van der Waals surface area contributed by atoms with Crippen molar-refractivity contribution >= 4 is 11.8 Å². The first-order chi connectivity index (χ1) is 12.9. The molecular weight excluding hydrogens is 342 g/mol. The lowest BCUT2D eigenvalue weighted by Crippen LogP contribution is -3.08. The smallest absolute Gasteiger partial charge is 0.277 e. The summed E-state index contributed by atoms with van der Waals surface area (Å²) in [6, 6.07) is 15.2. The Labute approximate surface area is 160 Å². The normalized spacial score (nSPS) is 11.6. The summed E-state index contributed by atoms with van der Waals surface area (Å²) < 4.78 is 5.35. The number of para-hydroxylation sites is 1. The Morgan fingerprint density at radius 3 is 2.41 bits per heavy atom. The monoisotopic (exact) mass is 370 g/mol. The van der Waals surface area contributed by atoms with Crippen molar-refractivity contribution in [2.24, 2.45) is 0 Å². The van der Waals surface area contributed by atoms with Crippen LogP contribution in [-0.4, -0.2) is 51.5 Å². The van der Waals surface area contributed by atoms with E-state index in [1.54, 1.807) is 38.2 Å². The molecule has 0 fully saturated rings. The average Bonchev–Trinajstić information content (AvgIpc) is 2.68. The Morgan fingerprint density at radius 1 is 1.11 bits per heavy atom. The number of benzene rings is 2. The van der Waals surface area contributed by atoms with Crippen LogP contribution in [0.5, 0.6) is 5.75 Å². The number of amides is 2. The summed E-state index contributed by atoms with van der Waals surface area (Å²) in [4.78, 5) is 26.9. The van der Waals surface area contributed by atoms with Gasteiger partial charge in [-0.25, -0.2) is 0 Å². The molecule has 0 saturated heterocycles. The number of quaternary nitrogens is 1. The van der Waals surface area contributed by atoms with Gasteiger partial charge in [0.1, 0.15) is 12.3 Å². The van der Waals surface area contributed by atoms with Crippen LogP contribution in [0, 0.1) is 0 Å². The van der Waals surface area contributed by atoms with Crippen LogP contribution >= 0.6 is 0 Å². The second-order valence-corrected chi connectivity index (χ2v) is 6.65. The van der Waals surface area contributed by atoms with E-state index < -0.39 is 0 Å². The number of carbonyl (C=O) groups excluding carboxylic acids is 2. The Hall–Kier alpha value is -2.86. The maximum Gasteiger partial charge on any atom is 0.277 e. The molecule has 0 heterocycles. The largest absolute Gasteiger partial charge is 0.496 e. The highest BCUT2D eigenvalue weighted by Gasteiger charge is 2.16. The van der Waals surface area contributed by atoms with Crippen molar-refractivity contribution in [1.29, 1.82) is 0 Å². The lowest BCUT2D eigenvalue weighted by molar-refractivity contribution is -0.885. The van der Waals surface area contributed by atoms with Gasteiger partial charge in [-0.2, -0.15) is 0 Å². The van der Waals surface area contributed by atoms with Crippen LogP contribution in [0.3, 0.4) is 0 Å². The molecule has 27 heavy (non-hydrogen) atoms. The Morgan fingerprint density at radius 2 is 1.78 bits per heavy atom. The second-order valence-electron chi connectivity index (χ2n) is 6.65. The summed E-state index contributed by atoms with van der Waals surface area (Å²) in [6.45, 7) is 1.61. The minimum atomic E-state index is -0.101. The lowest BCUT2D eigenvalue weighted by Gasteiger charge is -2.21. The number of rotatable bonds is 8. The van der Waals surface area contributed by atoms with Crippen LogP contribution in [0.25, 0.3) is 0 Å². The van der Waals surface area contributed by atoms with Gasteiger partial charge in [0.05, 0.1) is 14.2 Å². The van der Waals surface area contributed by atoms with Gasteiger partial charge in [0.25, 0.3) is 11.8 Å². The summed E-state index contributed by atoms with van der Waals surface area (Å²) in [6.07, 6.45) is 0. The molecule has 0 aromatic heterocycles. The molecule has 2 amide bonds. The van der Waals surface area contributed by atoms with Crippen molar-refractivity contribution in [3.05, 3.63) is 65.2 Å². The van der Waals surface area contributed by atoms with Crippen molar-refractivity contribution < 1.29 is 19.2 Å². The van der Waals surface area contributed by atoms with Crippen LogP contribution in [0.1, 0.15) is 21.5 Å². The third kappa shape index (κ3) is 5.82. The molecule has 1 unspecified atom stereocenters. The zero-order valence-electron chi connectivity index (χ0n) is 16.4. The van der Waals surface area contributed by atoms with E-state index in [0.717, 1.165) is 21.8 Å². The number of nitrogens with one attached hydrogen (secondary N) is 2. The van der Waals surface area contributed by atoms with Crippen LogP contribution in [0.15, 0.2) is 48.5 Å². The van der Waals surface area contributed by atoms with Gasteiger partial charge in [-0.15, -0.1) is 0 Å². The minimum absolute atomic E-state index is 0.0698. The van der Waals surface area contributed by atoms with Gasteiger partial charge < -0.3 is 19.9 Å². The highest BCUT2D eigenvalue weighted by molar-refractivity contribution is 5.93. The molecule has 0 radical (unpaired) electrons. The number of nitrogens with zero attached hydrogens (tertiary/aromatic N) is 1. The number of hydrogen-bond acceptors (Lipinski definition) is 3. The fourth-order valence-electron chi connectivity index (χ4n) is 2.90. The molecule has 0 saturated carbocycles. The number of likely N-dealkylation sites (N-methyl/N-ethyl adjacent to an activating group) is 2. The molecule has 2 N–H and O–H groups in total. The van der Waals surface area contributed by atoms with Crippen LogP contribution in [-0.2, 0) is 17.9 Å². The first-order valence-electron chi connectivity index (χ1n) is 8.92. The first-order valence-corrected chi connectivity index (χ1v) is 8.92. The van der Waals surface area contributed by atoms with Crippen LogP contribution in [0.4, 0.5) is 0 Å². The molecular formula is C21H28N3O3+. The Balaban J connectivity index is 1.89. The van der Waals surface area contributed by atoms with Gasteiger partial charge in [0.2, 0.25) is 0 Å². The highest BCUT2D eigenvalue weighted by Crippen LogP contribution is 2.18. The lowest BCUT2D eigenvalue weighted by atomic mass is 10.1. The van der Waals surface area contributed by atoms with E-state index in [-0.39, 0.29) is 11.8 Å². The van der Waals surface area contributed by atoms with Crippen LogP contribution < -0.4 is 15.0 Å². The minimum Gasteiger partial charge on any atom is -0.496 e. The predicted molar refractivity (Wildman–Crippen MR) is 105 cm³/mol. The average molecular weight is 370 g/mol. The van der Waals surface area contributed by atoms with Gasteiger partial charge in [-0.3, -0.25) is 9.59 Å². The standard InChI is InChI=1S/C21H27N3O3/c1-22-21(26)17-11-9-16(10-12-17)13-23(2)15-20(25)24(3)14-18-7-5-6-8-19(18)27-4/h5-12H,13-15H2,1-4H3,(H,22,26)/p+1. The fourth-order valence-corrected chi connectivity index (χ4v) is 2.90. The van der Waals surface area contributed by atoms with E-state index in [1.807, 2.05) is 43.4 Å². The van der Waals surface area contributed by atoms with Crippen molar-refractivity contribution in [1.82, 2.24) is 10.2 Å². The van der Waals surface area contributed by atoms with Gasteiger partial charge in [0.15, 0.2) is 6.54 Å². The highest BCUT2D eigenvalue weighted by atomic mass is 16.5. The van der Waals surface area contributed by atoms with Crippen molar-refractivity contribution in [2.75, 3.05) is 34.8 Å². The number of ether oxygens (including phenoxy) is 1. The molecule has 0 bridgehead atoms. The van der Waals surface area contributed by atoms with Gasteiger partial charge in [-0.1, -0.05) is 30.3 Å². The zero-order valence-corrected chi connectivity index (χ0v) is 16.4. The van der Waals surface area contributed by atoms with E-state index in [9.17, 15) is 9.59 Å². The van der Waals surface area contributed by atoms with E-state index in [4.69, 9.17) is 4.74 Å². The van der Waals surface area contributed by atoms with Crippen molar-refractivity contribution in [3.8, 4) is 5.75 Å². The summed E-state index contributed by atoms with van der Waals surface area (Å²) in [5, 5.41) is 2.60. The summed E-state index contributed by atoms with van der Waals surface area (Å²) in [5.41, 5.74) is 2.70. The van der Waals surface area contributed by atoms with Gasteiger partial charge >= 0.3 is 0 Å². The first kappa shape index (κ1) is 20.5. The molecule has 2 aromatic rings. The number of methoxy groups -OCH3 is 1. The number of hydrogen-bond donors (Lipinski definition) is 2. The predicted octanol–water partition coefficient (Wildman–Crippen LogP) is 0.728. The Kier molecular flexibility index (Phi) is 7.37. The van der Waals surface area contributed by atoms with Crippen molar-refractivity contribution in [3.63, 3.8) is 0 Å². The fraction of sp³-hybridized carbons (Fsp3) is 0.333. The van der Waals surface area contributed by atoms with Crippen LogP contribution in [0.2, 0.25) is 0 Å². The maximum absolute atomic E-state index is 12.5. The molecule has 0 spiro atoms. The van der Waals surface area contributed by atoms with E-state index in [0.29, 0.717) is 25.2 Å². The molecule has 1 atom stereocenters. The van der Waals surface area contributed by atoms with E-state index in [1.165, 1.54) is 0 Å². The third-order valence-electron chi connectivity index (χ3n) is 4.43. The van der Waals surface area contributed by atoms with E-state index >= 15 is 0 Å². The second kappa shape index (κ2) is 9.73. The molecule has 6 heteroatoms. The summed E-state index contributed by atoms with van der Waals surface area (Å²) in [7, 11) is 7.04. The SMILES string of the molecule is CNC(=O)c1ccc(C[NH+](C)CC(=O)N(C)Cc2ccccc2OC)cc1. The Bertz CT molecular complexity index is 774. The summed E-state index contributed by atoms with van der Waals surface area (Å²) in [5.74, 6) is 0.754. The zero-order chi connectivity index (χ0) is 19.8. The number of carbonyl (C=O) groups is 2. The third-order valence-corrected chi connectivity index (χ3v) is 4.43. The van der Waals surface area contributed by atoms with E-state index in [2.05, 4.69) is 5.32 Å². The molecule has 6 nitrogen and oxygen atoms in total.